The smallest absolute Gasteiger partial charge is 0.227 e. The first kappa shape index (κ1) is 21.8. The number of carbonyl (C=O) groups is 1. The predicted molar refractivity (Wildman–Crippen MR) is 132 cm³/mol. The summed E-state index contributed by atoms with van der Waals surface area (Å²) in [5, 5.41) is 1.23. The van der Waals surface area contributed by atoms with Gasteiger partial charge in [0.05, 0.1) is 22.7 Å². The van der Waals surface area contributed by atoms with Gasteiger partial charge in [-0.15, -0.1) is 0 Å². The van der Waals surface area contributed by atoms with Crippen molar-refractivity contribution in [1.82, 2.24) is 9.55 Å². The molecule has 5 nitrogen and oxygen atoms in total. The van der Waals surface area contributed by atoms with E-state index in [2.05, 4.69) is 10.6 Å². The molecule has 2 heterocycles. The van der Waals surface area contributed by atoms with Crippen molar-refractivity contribution in [2.45, 2.75) is 25.3 Å². The van der Waals surface area contributed by atoms with E-state index < -0.39 is 0 Å². The van der Waals surface area contributed by atoms with Crippen molar-refractivity contribution >= 4 is 45.8 Å². The maximum Gasteiger partial charge on any atom is 0.227 e. The standard InChI is InChI=1S/C26H23Cl2N3O2/c27-19-7-5-8-20(16-19)31-17-18(15-25(31)32)26-29-22-10-2-3-11-23(22)30(26)13-6-14-33-24-12-4-1-9-21(24)28/h1-5,7-12,16,18H,6,13-15,17H2. The third kappa shape index (κ3) is 4.56. The van der Waals surface area contributed by atoms with Crippen molar-refractivity contribution in [2.24, 2.45) is 0 Å². The maximum absolute atomic E-state index is 12.9. The topological polar surface area (TPSA) is 47.4 Å². The number of carbonyl (C=O) groups excluding carboxylic acids is 1. The van der Waals surface area contributed by atoms with E-state index >= 15 is 0 Å². The fraction of sp³-hybridized carbons (Fsp3) is 0.231. The first-order valence-electron chi connectivity index (χ1n) is 11.0. The van der Waals surface area contributed by atoms with Crippen molar-refractivity contribution in [3.8, 4) is 5.75 Å². The lowest BCUT2D eigenvalue weighted by molar-refractivity contribution is -0.117. The first-order chi connectivity index (χ1) is 16.1. The van der Waals surface area contributed by atoms with E-state index in [0.717, 1.165) is 35.5 Å². The van der Waals surface area contributed by atoms with Gasteiger partial charge in [-0.05, 0) is 48.9 Å². The average molecular weight is 480 g/mol. The van der Waals surface area contributed by atoms with Gasteiger partial charge in [-0.25, -0.2) is 4.98 Å². The molecular weight excluding hydrogens is 457 g/mol. The molecule has 0 aliphatic carbocycles. The Kier molecular flexibility index (Phi) is 6.25. The number of imidazole rings is 1. The van der Waals surface area contributed by atoms with E-state index in [1.165, 1.54) is 0 Å². The second kappa shape index (κ2) is 9.46. The van der Waals surface area contributed by atoms with Crippen LogP contribution in [0, 0.1) is 0 Å². The highest BCUT2D eigenvalue weighted by Gasteiger charge is 2.34. The summed E-state index contributed by atoms with van der Waals surface area (Å²) in [6, 6.07) is 23.0. The lowest BCUT2D eigenvalue weighted by atomic mass is 10.1. The molecule has 0 radical (unpaired) electrons. The van der Waals surface area contributed by atoms with Crippen molar-refractivity contribution in [1.29, 1.82) is 0 Å². The fourth-order valence-corrected chi connectivity index (χ4v) is 4.76. The van der Waals surface area contributed by atoms with Crippen LogP contribution in [-0.4, -0.2) is 28.6 Å². The molecule has 1 aliphatic rings. The van der Waals surface area contributed by atoms with Gasteiger partial charge in [0, 0.05) is 36.1 Å². The number of rotatable bonds is 7. The number of hydrogen-bond donors (Lipinski definition) is 0. The number of para-hydroxylation sites is 3. The molecule has 0 bridgehead atoms. The van der Waals surface area contributed by atoms with Crippen molar-refractivity contribution in [3.63, 3.8) is 0 Å². The summed E-state index contributed by atoms with van der Waals surface area (Å²) in [5.41, 5.74) is 2.83. The molecule has 33 heavy (non-hydrogen) atoms. The predicted octanol–water partition coefficient (Wildman–Crippen LogP) is 6.33. The fourth-order valence-electron chi connectivity index (χ4n) is 4.38. The molecule has 168 valence electrons. The summed E-state index contributed by atoms with van der Waals surface area (Å²) < 4.78 is 8.10. The van der Waals surface area contributed by atoms with E-state index in [-0.39, 0.29) is 11.8 Å². The Balaban J connectivity index is 1.36. The quantitative estimate of drug-likeness (QED) is 0.291. The Morgan fingerprint density at radius 1 is 1.00 bits per heavy atom. The largest absolute Gasteiger partial charge is 0.492 e. The summed E-state index contributed by atoms with van der Waals surface area (Å²) in [6.07, 6.45) is 1.21. The minimum absolute atomic E-state index is 0.00775. The van der Waals surface area contributed by atoms with Crippen LogP contribution in [0.15, 0.2) is 72.8 Å². The summed E-state index contributed by atoms with van der Waals surface area (Å²) in [7, 11) is 0. The zero-order valence-electron chi connectivity index (χ0n) is 18.0. The Morgan fingerprint density at radius 2 is 1.82 bits per heavy atom. The Labute approximate surface area is 202 Å². The van der Waals surface area contributed by atoms with Crippen molar-refractivity contribution in [2.75, 3.05) is 18.1 Å². The second-order valence-corrected chi connectivity index (χ2v) is 8.97. The van der Waals surface area contributed by atoms with Crippen LogP contribution in [0.2, 0.25) is 10.0 Å². The summed E-state index contributed by atoms with van der Waals surface area (Å²) >= 11 is 12.3. The highest BCUT2D eigenvalue weighted by Crippen LogP contribution is 2.34. The maximum atomic E-state index is 12.9. The number of aryl methyl sites for hydroxylation is 1. The van der Waals surface area contributed by atoms with Gasteiger partial charge < -0.3 is 14.2 Å². The number of hydrogen-bond acceptors (Lipinski definition) is 3. The van der Waals surface area contributed by atoms with E-state index in [4.69, 9.17) is 32.9 Å². The molecule has 0 spiro atoms. The summed E-state index contributed by atoms with van der Waals surface area (Å²) in [4.78, 5) is 19.6. The number of ether oxygens (including phenoxy) is 1. The molecule has 5 rings (SSSR count). The molecule has 1 aliphatic heterocycles. The Bertz CT molecular complexity index is 1300. The van der Waals surface area contributed by atoms with Crippen molar-refractivity contribution < 1.29 is 9.53 Å². The highest BCUT2D eigenvalue weighted by atomic mass is 35.5. The molecule has 1 fully saturated rings. The van der Waals surface area contributed by atoms with E-state index in [9.17, 15) is 4.79 Å². The zero-order valence-corrected chi connectivity index (χ0v) is 19.5. The number of nitrogens with zero attached hydrogens (tertiary/aromatic N) is 3. The Morgan fingerprint density at radius 3 is 2.67 bits per heavy atom. The molecule has 4 aromatic rings. The Hall–Kier alpha value is -3.02. The molecule has 0 N–H and O–H groups in total. The van der Waals surface area contributed by atoms with Crippen LogP contribution in [-0.2, 0) is 11.3 Å². The van der Waals surface area contributed by atoms with Gasteiger partial charge in [0.25, 0.3) is 0 Å². The van der Waals surface area contributed by atoms with Crippen LogP contribution in [0.25, 0.3) is 11.0 Å². The second-order valence-electron chi connectivity index (χ2n) is 8.13. The molecule has 1 aromatic heterocycles. The number of halogens is 2. The van der Waals surface area contributed by atoms with Crippen LogP contribution in [0.5, 0.6) is 5.75 Å². The molecule has 3 aromatic carbocycles. The molecule has 7 heteroatoms. The monoisotopic (exact) mass is 479 g/mol. The summed E-state index contributed by atoms with van der Waals surface area (Å²) in [6.45, 7) is 1.86. The average Bonchev–Trinajstić information content (AvgIpc) is 3.38. The molecule has 1 amide bonds. The third-order valence-electron chi connectivity index (χ3n) is 5.91. The van der Waals surface area contributed by atoms with Crippen LogP contribution in [0.4, 0.5) is 5.69 Å². The SMILES string of the molecule is O=C1CC(c2nc3ccccc3n2CCCOc2ccccc2Cl)CN1c1cccc(Cl)c1. The molecule has 1 unspecified atom stereocenters. The van der Waals surface area contributed by atoms with Gasteiger partial charge in [-0.3, -0.25) is 4.79 Å². The molecular formula is C26H23Cl2N3O2. The normalized spacial score (nSPS) is 16.0. The number of amides is 1. The number of aromatic nitrogens is 2. The van der Waals surface area contributed by atoms with E-state index in [1.807, 2.05) is 66.7 Å². The van der Waals surface area contributed by atoms with Gasteiger partial charge in [-0.1, -0.05) is 53.5 Å². The summed E-state index contributed by atoms with van der Waals surface area (Å²) in [5.74, 6) is 1.72. The van der Waals surface area contributed by atoms with E-state index in [0.29, 0.717) is 35.4 Å². The number of fused-ring (bicyclic) bond motifs is 1. The third-order valence-corrected chi connectivity index (χ3v) is 6.46. The van der Waals surface area contributed by atoms with Gasteiger partial charge >= 0.3 is 0 Å². The van der Waals surface area contributed by atoms with Gasteiger partial charge in [0.2, 0.25) is 5.91 Å². The minimum atomic E-state index is 0.00775. The molecule has 0 saturated carbocycles. The van der Waals surface area contributed by atoms with Gasteiger partial charge in [0.15, 0.2) is 0 Å². The molecule has 1 atom stereocenters. The lowest BCUT2D eigenvalue weighted by Crippen LogP contribution is -2.24. The number of benzene rings is 3. The van der Waals surface area contributed by atoms with Gasteiger partial charge in [-0.2, -0.15) is 0 Å². The minimum Gasteiger partial charge on any atom is -0.492 e. The van der Waals surface area contributed by atoms with Crippen molar-refractivity contribution in [3.05, 3.63) is 88.7 Å². The van der Waals surface area contributed by atoms with Crippen LogP contribution < -0.4 is 9.64 Å². The highest BCUT2D eigenvalue weighted by molar-refractivity contribution is 6.32. The van der Waals surface area contributed by atoms with Gasteiger partial charge in [0.1, 0.15) is 11.6 Å². The number of anilines is 1. The molecule has 1 saturated heterocycles. The van der Waals surface area contributed by atoms with E-state index in [1.54, 1.807) is 4.90 Å². The zero-order chi connectivity index (χ0) is 22.8. The van der Waals surface area contributed by atoms with Crippen LogP contribution in [0.3, 0.4) is 0 Å². The first-order valence-corrected chi connectivity index (χ1v) is 11.7. The lowest BCUT2D eigenvalue weighted by Gasteiger charge is -2.18. The van der Waals surface area contributed by atoms with Crippen LogP contribution in [0.1, 0.15) is 24.6 Å². The van der Waals surface area contributed by atoms with Crippen LogP contribution >= 0.6 is 23.2 Å².